The highest BCUT2D eigenvalue weighted by atomic mass is 19.1. The number of piperazine rings is 1. The van der Waals surface area contributed by atoms with Gasteiger partial charge >= 0.3 is 6.03 Å². The van der Waals surface area contributed by atoms with Crippen LogP contribution in [0.15, 0.2) is 60.9 Å². The highest BCUT2D eigenvalue weighted by Gasteiger charge is 2.22. The molecule has 0 unspecified atom stereocenters. The molecular formula is C22H22FN5O. The molecule has 0 bridgehead atoms. The van der Waals surface area contributed by atoms with Crippen molar-refractivity contribution in [2.45, 2.75) is 6.92 Å². The van der Waals surface area contributed by atoms with Crippen molar-refractivity contribution in [3.05, 3.63) is 72.3 Å². The van der Waals surface area contributed by atoms with Crippen LogP contribution in [0.5, 0.6) is 0 Å². The van der Waals surface area contributed by atoms with Crippen molar-refractivity contribution in [3.63, 3.8) is 0 Å². The zero-order valence-corrected chi connectivity index (χ0v) is 16.2. The molecule has 0 aliphatic carbocycles. The number of benzene rings is 2. The second-order valence-corrected chi connectivity index (χ2v) is 7.04. The zero-order chi connectivity index (χ0) is 20.2. The van der Waals surface area contributed by atoms with Gasteiger partial charge in [0, 0.05) is 43.5 Å². The SMILES string of the molecule is Cc1cccc(NC(=O)N2CCN(c3cc(-c4ccc(F)cc4)ncn3)CC2)c1. The lowest BCUT2D eigenvalue weighted by molar-refractivity contribution is 0.208. The molecule has 0 spiro atoms. The summed E-state index contributed by atoms with van der Waals surface area (Å²) >= 11 is 0. The number of aryl methyl sites for hydroxylation is 1. The van der Waals surface area contributed by atoms with Crippen LogP contribution in [0, 0.1) is 12.7 Å². The first-order valence-corrected chi connectivity index (χ1v) is 9.54. The third-order valence-electron chi connectivity index (χ3n) is 4.95. The number of carbonyl (C=O) groups is 1. The number of urea groups is 1. The van der Waals surface area contributed by atoms with Gasteiger partial charge in [0.05, 0.1) is 5.69 Å². The summed E-state index contributed by atoms with van der Waals surface area (Å²) in [5.41, 5.74) is 3.49. The Labute approximate surface area is 169 Å². The number of nitrogens with one attached hydrogen (secondary N) is 1. The number of hydrogen-bond acceptors (Lipinski definition) is 4. The zero-order valence-electron chi connectivity index (χ0n) is 16.2. The minimum absolute atomic E-state index is 0.0926. The average Bonchev–Trinajstić information content (AvgIpc) is 2.74. The van der Waals surface area contributed by atoms with Crippen molar-refractivity contribution in [2.24, 2.45) is 0 Å². The minimum atomic E-state index is -0.275. The molecule has 0 saturated carbocycles. The summed E-state index contributed by atoms with van der Waals surface area (Å²) < 4.78 is 13.2. The van der Waals surface area contributed by atoms with Crippen molar-refractivity contribution in [1.29, 1.82) is 0 Å². The summed E-state index contributed by atoms with van der Waals surface area (Å²) in [4.78, 5) is 25.1. The topological polar surface area (TPSA) is 61.4 Å². The van der Waals surface area contributed by atoms with Gasteiger partial charge in [0.1, 0.15) is 18.0 Å². The van der Waals surface area contributed by atoms with Crippen LogP contribution in [-0.4, -0.2) is 47.1 Å². The second-order valence-electron chi connectivity index (χ2n) is 7.04. The van der Waals surface area contributed by atoms with Crippen molar-refractivity contribution >= 4 is 17.5 Å². The molecule has 4 rings (SSSR count). The van der Waals surface area contributed by atoms with E-state index in [9.17, 15) is 9.18 Å². The Morgan fingerprint density at radius 1 is 1.00 bits per heavy atom. The van der Waals surface area contributed by atoms with Crippen LogP contribution < -0.4 is 10.2 Å². The molecule has 29 heavy (non-hydrogen) atoms. The van der Waals surface area contributed by atoms with Crippen LogP contribution in [0.4, 0.5) is 20.7 Å². The van der Waals surface area contributed by atoms with Crippen LogP contribution in [0.1, 0.15) is 5.56 Å². The van der Waals surface area contributed by atoms with Crippen LogP contribution in [0.2, 0.25) is 0 Å². The maximum Gasteiger partial charge on any atom is 0.321 e. The fourth-order valence-corrected chi connectivity index (χ4v) is 3.36. The lowest BCUT2D eigenvalue weighted by Gasteiger charge is -2.35. The predicted molar refractivity (Wildman–Crippen MR) is 111 cm³/mol. The van der Waals surface area contributed by atoms with Gasteiger partial charge in [0.25, 0.3) is 0 Å². The number of anilines is 2. The fourth-order valence-electron chi connectivity index (χ4n) is 3.36. The largest absolute Gasteiger partial charge is 0.353 e. The third-order valence-corrected chi connectivity index (χ3v) is 4.95. The molecule has 1 N–H and O–H groups in total. The van der Waals surface area contributed by atoms with Crippen LogP contribution >= 0.6 is 0 Å². The van der Waals surface area contributed by atoms with Gasteiger partial charge in [-0.05, 0) is 48.9 Å². The van der Waals surface area contributed by atoms with E-state index in [0.29, 0.717) is 26.2 Å². The Morgan fingerprint density at radius 3 is 2.48 bits per heavy atom. The molecule has 1 aromatic heterocycles. The summed E-state index contributed by atoms with van der Waals surface area (Å²) in [5.74, 6) is 0.529. The van der Waals surface area contributed by atoms with Crippen molar-refractivity contribution in [2.75, 3.05) is 36.4 Å². The summed E-state index contributed by atoms with van der Waals surface area (Å²) in [6.07, 6.45) is 1.52. The van der Waals surface area contributed by atoms with Gasteiger partial charge < -0.3 is 15.1 Å². The Bertz CT molecular complexity index is 1000. The molecule has 1 aliphatic heterocycles. The van der Waals surface area contributed by atoms with Gasteiger partial charge in [-0.2, -0.15) is 0 Å². The van der Waals surface area contributed by atoms with Gasteiger partial charge in [-0.15, -0.1) is 0 Å². The molecule has 148 valence electrons. The Morgan fingerprint density at radius 2 is 1.76 bits per heavy atom. The van der Waals surface area contributed by atoms with Crippen molar-refractivity contribution in [1.82, 2.24) is 14.9 Å². The minimum Gasteiger partial charge on any atom is -0.353 e. The first-order chi connectivity index (χ1) is 14.1. The lowest BCUT2D eigenvalue weighted by atomic mass is 10.1. The summed E-state index contributed by atoms with van der Waals surface area (Å²) in [6.45, 7) is 4.57. The Kier molecular flexibility index (Phi) is 5.37. The molecule has 1 aliphatic rings. The maximum atomic E-state index is 13.2. The van der Waals surface area contributed by atoms with Gasteiger partial charge in [-0.1, -0.05) is 12.1 Å². The number of amides is 2. The summed E-state index contributed by atoms with van der Waals surface area (Å²) in [6, 6.07) is 15.8. The lowest BCUT2D eigenvalue weighted by Crippen LogP contribution is -2.50. The highest BCUT2D eigenvalue weighted by molar-refractivity contribution is 5.89. The molecule has 0 atom stereocenters. The molecule has 2 amide bonds. The molecule has 3 aromatic rings. The number of halogens is 1. The fraction of sp³-hybridized carbons (Fsp3) is 0.227. The number of nitrogens with zero attached hydrogens (tertiary/aromatic N) is 4. The molecule has 7 heteroatoms. The molecule has 1 saturated heterocycles. The number of aromatic nitrogens is 2. The highest BCUT2D eigenvalue weighted by Crippen LogP contribution is 2.22. The van der Waals surface area contributed by atoms with E-state index in [-0.39, 0.29) is 11.8 Å². The maximum absolute atomic E-state index is 13.2. The van der Waals surface area contributed by atoms with E-state index in [0.717, 1.165) is 28.3 Å². The third kappa shape index (κ3) is 4.51. The van der Waals surface area contributed by atoms with Crippen LogP contribution in [0.3, 0.4) is 0 Å². The second kappa shape index (κ2) is 8.26. The van der Waals surface area contributed by atoms with Crippen LogP contribution in [0.25, 0.3) is 11.3 Å². The van der Waals surface area contributed by atoms with E-state index in [1.54, 1.807) is 17.0 Å². The van der Waals surface area contributed by atoms with Gasteiger partial charge in [-0.3, -0.25) is 0 Å². The molecule has 0 radical (unpaired) electrons. The van der Waals surface area contributed by atoms with Gasteiger partial charge in [-0.25, -0.2) is 19.2 Å². The van der Waals surface area contributed by atoms with E-state index in [4.69, 9.17) is 0 Å². The van der Waals surface area contributed by atoms with Crippen molar-refractivity contribution < 1.29 is 9.18 Å². The number of hydrogen-bond donors (Lipinski definition) is 1. The average molecular weight is 391 g/mol. The normalized spacial score (nSPS) is 14.0. The standard InChI is InChI=1S/C22H22FN5O/c1-16-3-2-4-19(13-16)26-22(29)28-11-9-27(10-12-28)21-14-20(24-15-25-21)17-5-7-18(23)8-6-17/h2-8,13-15H,9-12H2,1H3,(H,26,29). The quantitative estimate of drug-likeness (QED) is 0.735. The van der Waals surface area contributed by atoms with Crippen LogP contribution in [-0.2, 0) is 0 Å². The van der Waals surface area contributed by atoms with Gasteiger partial charge in [0.2, 0.25) is 0 Å². The van der Waals surface area contributed by atoms with Gasteiger partial charge in [0.15, 0.2) is 0 Å². The van der Waals surface area contributed by atoms with Crippen molar-refractivity contribution in [3.8, 4) is 11.3 Å². The summed E-state index contributed by atoms with van der Waals surface area (Å²) in [7, 11) is 0. The van der Waals surface area contributed by atoms with E-state index < -0.39 is 0 Å². The van der Waals surface area contributed by atoms with E-state index in [2.05, 4.69) is 20.2 Å². The van der Waals surface area contributed by atoms with E-state index in [1.165, 1.54) is 18.5 Å². The molecule has 2 heterocycles. The Balaban J connectivity index is 1.39. The monoisotopic (exact) mass is 391 g/mol. The van der Waals surface area contributed by atoms with E-state index in [1.807, 2.05) is 37.3 Å². The molecular weight excluding hydrogens is 369 g/mol. The first kappa shape index (κ1) is 18.9. The van der Waals surface area contributed by atoms with E-state index >= 15 is 0 Å². The Hall–Kier alpha value is -3.48. The summed E-state index contributed by atoms with van der Waals surface area (Å²) in [5, 5.41) is 2.95. The first-order valence-electron chi connectivity index (χ1n) is 9.54. The molecule has 2 aromatic carbocycles. The number of rotatable bonds is 3. The molecule has 1 fully saturated rings. The molecule has 6 nitrogen and oxygen atoms in total. The number of carbonyl (C=O) groups excluding carboxylic acids is 1. The smallest absolute Gasteiger partial charge is 0.321 e. The predicted octanol–water partition coefficient (Wildman–Crippen LogP) is 3.95.